The van der Waals surface area contributed by atoms with Gasteiger partial charge in [-0.15, -0.1) is 0 Å². The van der Waals surface area contributed by atoms with Crippen LogP contribution in [0.3, 0.4) is 0 Å². The highest BCUT2D eigenvalue weighted by Gasteiger charge is 2.28. The molecule has 2 rings (SSSR count). The maximum absolute atomic E-state index is 11.2. The maximum atomic E-state index is 11.2. The average Bonchev–Trinajstić information content (AvgIpc) is 2.86. The zero-order chi connectivity index (χ0) is 9.42. The summed E-state index contributed by atoms with van der Waals surface area (Å²) in [6.07, 6.45) is 2.96. The standard InChI is InChI=1S/C8H8N2O3/c11-7(12)6-3-4-9-8(13)10(6)5-1-2-5/h3-5H,1-2H2,(H,11,12). The van der Waals surface area contributed by atoms with E-state index in [-0.39, 0.29) is 11.7 Å². The second kappa shape index (κ2) is 2.69. The summed E-state index contributed by atoms with van der Waals surface area (Å²) in [5.74, 6) is -1.08. The van der Waals surface area contributed by atoms with Crippen LogP contribution in [0.15, 0.2) is 17.1 Å². The van der Waals surface area contributed by atoms with Gasteiger partial charge in [0.1, 0.15) is 5.69 Å². The molecule has 1 aliphatic rings. The predicted molar refractivity (Wildman–Crippen MR) is 43.7 cm³/mol. The van der Waals surface area contributed by atoms with Crippen LogP contribution in [0.4, 0.5) is 0 Å². The number of aromatic carboxylic acids is 1. The van der Waals surface area contributed by atoms with Gasteiger partial charge in [0.15, 0.2) is 0 Å². The number of carboxylic acid groups (broad SMARTS) is 1. The van der Waals surface area contributed by atoms with Crippen molar-refractivity contribution in [3.8, 4) is 0 Å². The molecule has 5 nitrogen and oxygen atoms in total. The molecule has 1 heterocycles. The van der Waals surface area contributed by atoms with Gasteiger partial charge in [-0.05, 0) is 18.9 Å². The zero-order valence-electron chi connectivity index (χ0n) is 6.80. The summed E-state index contributed by atoms with van der Waals surface area (Å²) >= 11 is 0. The Morgan fingerprint density at radius 1 is 1.62 bits per heavy atom. The minimum absolute atomic E-state index is 0.0301. The Hall–Kier alpha value is -1.65. The predicted octanol–water partition coefficient (Wildman–Crippen LogP) is 0.276. The molecule has 1 aromatic rings. The van der Waals surface area contributed by atoms with Crippen molar-refractivity contribution in [2.24, 2.45) is 0 Å². The average molecular weight is 180 g/mol. The second-order valence-corrected chi connectivity index (χ2v) is 3.02. The number of hydrogen-bond donors (Lipinski definition) is 1. The lowest BCUT2D eigenvalue weighted by atomic mass is 10.4. The van der Waals surface area contributed by atoms with Gasteiger partial charge in [-0.1, -0.05) is 0 Å². The molecule has 0 aliphatic heterocycles. The van der Waals surface area contributed by atoms with Crippen molar-refractivity contribution in [2.75, 3.05) is 0 Å². The Kier molecular flexibility index (Phi) is 1.65. The molecule has 68 valence electrons. The summed E-state index contributed by atoms with van der Waals surface area (Å²) in [4.78, 5) is 25.5. The molecular weight excluding hydrogens is 172 g/mol. The molecule has 0 bridgehead atoms. The van der Waals surface area contributed by atoms with Crippen molar-refractivity contribution in [3.05, 3.63) is 28.4 Å². The van der Waals surface area contributed by atoms with Gasteiger partial charge >= 0.3 is 11.7 Å². The van der Waals surface area contributed by atoms with Gasteiger partial charge in [-0.3, -0.25) is 4.57 Å². The van der Waals surface area contributed by atoms with Crippen LogP contribution in [0.5, 0.6) is 0 Å². The van der Waals surface area contributed by atoms with E-state index in [4.69, 9.17) is 5.11 Å². The van der Waals surface area contributed by atoms with Gasteiger partial charge in [-0.2, -0.15) is 0 Å². The molecule has 0 amide bonds. The molecule has 1 fully saturated rings. The van der Waals surface area contributed by atoms with Crippen molar-refractivity contribution in [1.82, 2.24) is 9.55 Å². The van der Waals surface area contributed by atoms with Crippen molar-refractivity contribution < 1.29 is 9.90 Å². The Labute approximate surface area is 73.7 Å². The normalized spacial score (nSPS) is 15.7. The summed E-state index contributed by atoms with van der Waals surface area (Å²) in [6.45, 7) is 0. The van der Waals surface area contributed by atoms with Crippen molar-refractivity contribution in [2.45, 2.75) is 18.9 Å². The third-order valence-corrected chi connectivity index (χ3v) is 2.01. The van der Waals surface area contributed by atoms with Crippen LogP contribution in [0.1, 0.15) is 29.4 Å². The highest BCUT2D eigenvalue weighted by molar-refractivity contribution is 5.85. The van der Waals surface area contributed by atoms with Crippen LogP contribution < -0.4 is 5.69 Å². The van der Waals surface area contributed by atoms with Gasteiger partial charge in [-0.25, -0.2) is 14.6 Å². The smallest absolute Gasteiger partial charge is 0.352 e. The van der Waals surface area contributed by atoms with Gasteiger partial charge in [0.25, 0.3) is 0 Å². The van der Waals surface area contributed by atoms with E-state index in [0.717, 1.165) is 12.8 Å². The number of carbonyl (C=O) groups is 1. The van der Waals surface area contributed by atoms with E-state index >= 15 is 0 Å². The third-order valence-electron chi connectivity index (χ3n) is 2.01. The number of carboxylic acids is 1. The molecule has 0 unspecified atom stereocenters. The Morgan fingerprint density at radius 2 is 2.31 bits per heavy atom. The first kappa shape index (κ1) is 7.97. The number of aromatic nitrogens is 2. The van der Waals surface area contributed by atoms with Crippen molar-refractivity contribution in [1.29, 1.82) is 0 Å². The Bertz CT molecular complexity index is 406. The van der Waals surface area contributed by atoms with E-state index in [0.29, 0.717) is 0 Å². The van der Waals surface area contributed by atoms with Crippen LogP contribution in [0.25, 0.3) is 0 Å². The van der Waals surface area contributed by atoms with Crippen LogP contribution in [0.2, 0.25) is 0 Å². The fourth-order valence-corrected chi connectivity index (χ4v) is 1.28. The Balaban J connectivity index is 2.60. The first-order valence-electron chi connectivity index (χ1n) is 4.01. The number of hydrogen-bond acceptors (Lipinski definition) is 3. The van der Waals surface area contributed by atoms with Gasteiger partial charge in [0.05, 0.1) is 0 Å². The first-order chi connectivity index (χ1) is 6.20. The third kappa shape index (κ3) is 1.32. The van der Waals surface area contributed by atoms with Crippen LogP contribution in [-0.4, -0.2) is 20.6 Å². The SMILES string of the molecule is O=C(O)c1ccnc(=O)n1C1CC1. The summed E-state index contributed by atoms with van der Waals surface area (Å²) in [5.41, 5.74) is -0.440. The van der Waals surface area contributed by atoms with E-state index in [1.165, 1.54) is 16.8 Å². The van der Waals surface area contributed by atoms with E-state index in [9.17, 15) is 9.59 Å². The molecule has 1 saturated carbocycles. The number of rotatable bonds is 2. The van der Waals surface area contributed by atoms with E-state index in [1.54, 1.807) is 0 Å². The lowest BCUT2D eigenvalue weighted by molar-refractivity contribution is 0.0682. The summed E-state index contributed by atoms with van der Waals surface area (Å²) < 4.78 is 1.25. The molecule has 0 saturated heterocycles. The molecular formula is C8H8N2O3. The molecule has 0 radical (unpaired) electrons. The monoisotopic (exact) mass is 180 g/mol. The number of nitrogens with zero attached hydrogens (tertiary/aromatic N) is 2. The molecule has 5 heteroatoms. The quantitative estimate of drug-likeness (QED) is 0.709. The molecule has 1 aliphatic carbocycles. The summed E-state index contributed by atoms with van der Waals surface area (Å²) in [6, 6.07) is 1.40. The molecule has 0 spiro atoms. The van der Waals surface area contributed by atoms with E-state index in [2.05, 4.69) is 4.98 Å². The van der Waals surface area contributed by atoms with Crippen LogP contribution >= 0.6 is 0 Å². The van der Waals surface area contributed by atoms with E-state index in [1.807, 2.05) is 0 Å². The van der Waals surface area contributed by atoms with Crippen LogP contribution in [-0.2, 0) is 0 Å². The highest BCUT2D eigenvalue weighted by atomic mass is 16.4. The first-order valence-corrected chi connectivity index (χ1v) is 4.01. The van der Waals surface area contributed by atoms with Crippen LogP contribution in [0, 0.1) is 0 Å². The van der Waals surface area contributed by atoms with Crippen molar-refractivity contribution >= 4 is 5.97 Å². The minimum Gasteiger partial charge on any atom is -0.477 e. The largest absolute Gasteiger partial charge is 0.477 e. The molecule has 1 N–H and O–H groups in total. The lowest BCUT2D eigenvalue weighted by Gasteiger charge is -2.05. The molecule has 1 aromatic heterocycles. The van der Waals surface area contributed by atoms with Gasteiger partial charge < -0.3 is 5.11 Å². The lowest BCUT2D eigenvalue weighted by Crippen LogP contribution is -2.26. The fourth-order valence-electron chi connectivity index (χ4n) is 1.28. The second-order valence-electron chi connectivity index (χ2n) is 3.02. The summed E-state index contributed by atoms with van der Waals surface area (Å²) in [5, 5.41) is 8.78. The zero-order valence-corrected chi connectivity index (χ0v) is 6.80. The molecule has 0 atom stereocenters. The minimum atomic E-state index is -1.08. The highest BCUT2D eigenvalue weighted by Crippen LogP contribution is 2.34. The summed E-state index contributed by atoms with van der Waals surface area (Å²) in [7, 11) is 0. The topological polar surface area (TPSA) is 72.2 Å². The van der Waals surface area contributed by atoms with Gasteiger partial charge in [0.2, 0.25) is 0 Å². The molecule has 13 heavy (non-hydrogen) atoms. The van der Waals surface area contributed by atoms with E-state index < -0.39 is 11.7 Å². The van der Waals surface area contributed by atoms with Crippen molar-refractivity contribution in [3.63, 3.8) is 0 Å². The van der Waals surface area contributed by atoms with Gasteiger partial charge in [0, 0.05) is 12.2 Å². The maximum Gasteiger partial charge on any atom is 0.352 e. The Morgan fingerprint density at radius 3 is 2.85 bits per heavy atom. The fraction of sp³-hybridized carbons (Fsp3) is 0.375. The molecule has 0 aromatic carbocycles.